The Hall–Kier alpha value is -1.83. The van der Waals surface area contributed by atoms with Crippen molar-refractivity contribution in [3.63, 3.8) is 0 Å². The SMILES string of the molecule is CN1CC[C@]23c4c5ccc(O)c4O[C@H]2[C@@H](O)C=C[C@H]3[C@H]1C5=S(=O)=O. The number of piperidine rings is 1. The van der Waals surface area contributed by atoms with Crippen LogP contribution in [0.25, 0.3) is 0 Å². The normalized spacial score (nSPS) is 38.7. The zero-order valence-electron chi connectivity index (χ0n) is 13.0. The van der Waals surface area contributed by atoms with E-state index >= 15 is 0 Å². The second kappa shape index (κ2) is 4.41. The summed E-state index contributed by atoms with van der Waals surface area (Å²) >= 11 is 0. The van der Waals surface area contributed by atoms with E-state index in [1.54, 1.807) is 12.1 Å². The van der Waals surface area contributed by atoms with Crippen molar-refractivity contribution in [2.24, 2.45) is 5.92 Å². The van der Waals surface area contributed by atoms with E-state index in [9.17, 15) is 18.6 Å². The minimum Gasteiger partial charge on any atom is -0.504 e. The van der Waals surface area contributed by atoms with Crippen LogP contribution >= 0.6 is 0 Å². The largest absolute Gasteiger partial charge is 0.504 e. The van der Waals surface area contributed by atoms with Crippen LogP contribution in [-0.2, 0) is 15.7 Å². The molecular formula is C17H17NO5S. The zero-order chi connectivity index (χ0) is 16.8. The van der Waals surface area contributed by atoms with Crippen LogP contribution in [0.5, 0.6) is 11.5 Å². The van der Waals surface area contributed by atoms with Gasteiger partial charge >= 0.3 is 0 Å². The van der Waals surface area contributed by atoms with Gasteiger partial charge in [-0.25, -0.2) is 0 Å². The molecule has 1 fully saturated rings. The average molecular weight is 347 g/mol. The van der Waals surface area contributed by atoms with E-state index < -0.39 is 27.9 Å². The fourth-order valence-electron chi connectivity index (χ4n) is 5.28. The molecule has 126 valence electrons. The third-order valence-electron chi connectivity index (χ3n) is 6.18. The average Bonchev–Trinajstić information content (AvgIpc) is 2.89. The molecule has 5 atom stereocenters. The predicted octanol–water partition coefficient (Wildman–Crippen LogP) is 0.0552. The molecule has 1 spiro atoms. The maximum atomic E-state index is 12.1. The molecule has 0 unspecified atom stereocenters. The molecule has 4 aliphatic rings. The fraction of sp³-hybridized carbons (Fsp3) is 0.471. The summed E-state index contributed by atoms with van der Waals surface area (Å²) in [5, 5.41) is 20.8. The van der Waals surface area contributed by atoms with E-state index in [0.29, 0.717) is 22.7 Å². The van der Waals surface area contributed by atoms with Crippen molar-refractivity contribution in [3.8, 4) is 11.5 Å². The number of aliphatic hydroxyl groups is 1. The van der Waals surface area contributed by atoms with Crippen LogP contribution < -0.4 is 4.74 Å². The highest BCUT2D eigenvalue weighted by Crippen LogP contribution is 2.62. The van der Waals surface area contributed by atoms with Gasteiger partial charge in [0.2, 0.25) is 10.3 Å². The Labute approximate surface area is 140 Å². The number of benzene rings is 1. The van der Waals surface area contributed by atoms with Crippen LogP contribution in [0, 0.1) is 5.92 Å². The Bertz CT molecular complexity index is 929. The lowest BCUT2D eigenvalue weighted by Gasteiger charge is -2.56. The van der Waals surface area contributed by atoms with Crippen LogP contribution in [0.1, 0.15) is 17.5 Å². The van der Waals surface area contributed by atoms with Crippen LogP contribution in [0.2, 0.25) is 0 Å². The standard InChI is InChI=1S/C17H17NO5S/c1-18-7-6-17-9-3-5-11(20)16(17)23-14-10(19)4-2-8(12(14)17)15(13(9)18)24(21)22/h2-5,9,11,13,16,19-20H,6-7H2,1H3/t9-,11-,13-,16-,17-/m0/s1. The topological polar surface area (TPSA) is 87.1 Å². The Morgan fingerprint density at radius 1 is 1.33 bits per heavy atom. The third-order valence-corrected chi connectivity index (χ3v) is 7.00. The van der Waals surface area contributed by atoms with Crippen LogP contribution in [0.15, 0.2) is 24.3 Å². The fourth-order valence-corrected chi connectivity index (χ4v) is 6.15. The lowest BCUT2D eigenvalue weighted by molar-refractivity contribution is -0.0302. The summed E-state index contributed by atoms with van der Waals surface area (Å²) in [7, 11) is -0.446. The molecule has 1 saturated heterocycles. The van der Waals surface area contributed by atoms with E-state index in [0.717, 1.165) is 12.0 Å². The van der Waals surface area contributed by atoms with Crippen molar-refractivity contribution >= 4 is 15.2 Å². The molecule has 0 radical (unpaired) electrons. The van der Waals surface area contributed by atoms with Gasteiger partial charge < -0.3 is 14.9 Å². The number of hydrogen-bond donors (Lipinski definition) is 2. The van der Waals surface area contributed by atoms with Gasteiger partial charge in [-0.05, 0) is 32.1 Å². The summed E-state index contributed by atoms with van der Waals surface area (Å²) in [5.41, 5.74) is 0.885. The number of rotatable bonds is 0. The first-order valence-corrected chi connectivity index (χ1v) is 9.10. The van der Waals surface area contributed by atoms with Gasteiger partial charge in [-0.15, -0.1) is 0 Å². The van der Waals surface area contributed by atoms with Gasteiger partial charge in [0.25, 0.3) is 0 Å². The summed E-state index contributed by atoms with van der Waals surface area (Å²) in [4.78, 5) is 2.41. The molecule has 0 saturated carbocycles. The van der Waals surface area contributed by atoms with Crippen LogP contribution in [0.4, 0.5) is 0 Å². The van der Waals surface area contributed by atoms with Crippen molar-refractivity contribution in [1.82, 2.24) is 4.90 Å². The molecule has 0 aromatic heterocycles. The molecule has 1 aromatic rings. The van der Waals surface area contributed by atoms with Gasteiger partial charge in [-0.3, -0.25) is 4.90 Å². The van der Waals surface area contributed by atoms with Crippen LogP contribution in [-0.4, -0.2) is 60.2 Å². The van der Waals surface area contributed by atoms with Gasteiger partial charge in [0.05, 0.1) is 10.9 Å². The number of aromatic hydroxyl groups is 1. The maximum Gasteiger partial charge on any atom is 0.219 e. The molecule has 5 rings (SSSR count). The van der Waals surface area contributed by atoms with Gasteiger partial charge in [0.1, 0.15) is 12.2 Å². The van der Waals surface area contributed by atoms with E-state index in [4.69, 9.17) is 4.74 Å². The summed E-state index contributed by atoms with van der Waals surface area (Å²) in [5.74, 6) is 0.223. The quantitative estimate of drug-likeness (QED) is 0.510. The number of phenolic OH excluding ortho intramolecular Hbond substituents is 1. The summed E-state index contributed by atoms with van der Waals surface area (Å²) in [6.45, 7) is 0.705. The molecule has 7 heteroatoms. The van der Waals surface area contributed by atoms with Crippen LogP contribution in [0.3, 0.4) is 0 Å². The summed E-state index contributed by atoms with van der Waals surface area (Å²) in [6, 6.07) is 2.86. The summed E-state index contributed by atoms with van der Waals surface area (Å²) < 4.78 is 30.1. The first-order valence-electron chi connectivity index (χ1n) is 8.03. The second-order valence-electron chi connectivity index (χ2n) is 7.09. The zero-order valence-corrected chi connectivity index (χ0v) is 13.8. The molecule has 2 heterocycles. The molecule has 1 aromatic carbocycles. The Balaban J connectivity index is 1.96. The molecule has 2 aliphatic carbocycles. The van der Waals surface area contributed by atoms with Gasteiger partial charge in [-0.1, -0.05) is 12.2 Å². The smallest absolute Gasteiger partial charge is 0.219 e. The molecule has 24 heavy (non-hydrogen) atoms. The lowest BCUT2D eigenvalue weighted by Crippen LogP contribution is -2.66. The van der Waals surface area contributed by atoms with Crippen molar-refractivity contribution in [2.45, 2.75) is 30.1 Å². The Morgan fingerprint density at radius 2 is 2.12 bits per heavy atom. The number of phenols is 1. The maximum absolute atomic E-state index is 12.1. The van der Waals surface area contributed by atoms with E-state index in [2.05, 4.69) is 4.90 Å². The number of aliphatic hydroxyl groups excluding tert-OH is 1. The second-order valence-corrected chi connectivity index (χ2v) is 8.00. The van der Waals surface area contributed by atoms with E-state index in [-0.39, 0.29) is 17.7 Å². The Kier molecular flexibility index (Phi) is 2.67. The van der Waals surface area contributed by atoms with Crippen molar-refractivity contribution in [3.05, 3.63) is 35.4 Å². The highest BCUT2D eigenvalue weighted by molar-refractivity contribution is 7.73. The van der Waals surface area contributed by atoms with Crippen molar-refractivity contribution < 1.29 is 23.4 Å². The number of nitrogens with zero attached hydrogens (tertiary/aromatic N) is 1. The van der Waals surface area contributed by atoms with Gasteiger partial charge in [-0.2, -0.15) is 8.42 Å². The predicted molar refractivity (Wildman–Crippen MR) is 86.9 cm³/mol. The monoisotopic (exact) mass is 347 g/mol. The van der Waals surface area contributed by atoms with E-state index in [1.807, 2.05) is 13.1 Å². The van der Waals surface area contributed by atoms with Gasteiger partial charge in [0.15, 0.2) is 11.5 Å². The minimum atomic E-state index is -2.38. The molecular weight excluding hydrogens is 330 g/mol. The van der Waals surface area contributed by atoms with Crippen molar-refractivity contribution in [2.75, 3.05) is 13.6 Å². The highest BCUT2D eigenvalue weighted by atomic mass is 32.2. The molecule has 2 N–H and O–H groups in total. The number of hydrogen-bond acceptors (Lipinski definition) is 6. The van der Waals surface area contributed by atoms with Crippen molar-refractivity contribution in [1.29, 1.82) is 0 Å². The lowest BCUT2D eigenvalue weighted by atomic mass is 9.53. The summed E-state index contributed by atoms with van der Waals surface area (Å²) in [6.07, 6.45) is 3.11. The third kappa shape index (κ3) is 1.42. The Morgan fingerprint density at radius 3 is 2.88 bits per heavy atom. The van der Waals surface area contributed by atoms with E-state index in [1.165, 1.54) is 6.07 Å². The first kappa shape index (κ1) is 14.5. The number of ether oxygens (including phenoxy) is 1. The molecule has 6 nitrogen and oxygen atoms in total. The number of likely N-dealkylation sites (N-methyl/N-ethyl adjacent to an activating group) is 1. The molecule has 2 aliphatic heterocycles. The molecule has 2 bridgehead atoms. The molecule has 0 amide bonds. The first-order chi connectivity index (χ1) is 11.5. The minimum absolute atomic E-state index is 0.00288. The van der Waals surface area contributed by atoms with Gasteiger partial charge in [0, 0.05) is 22.5 Å². The highest BCUT2D eigenvalue weighted by Gasteiger charge is 2.65. The number of likely N-dealkylation sites (tertiary alicyclic amines) is 1.